The highest BCUT2D eigenvalue weighted by molar-refractivity contribution is 6.05. The number of rotatable bonds is 10. The van der Waals surface area contributed by atoms with Gasteiger partial charge in [-0.1, -0.05) is 64.1 Å². The van der Waals surface area contributed by atoms with Crippen LogP contribution in [0.25, 0.3) is 10.9 Å². The van der Waals surface area contributed by atoms with Crippen molar-refractivity contribution < 1.29 is 9.53 Å². The Morgan fingerprint density at radius 3 is 2.29 bits per heavy atom. The summed E-state index contributed by atoms with van der Waals surface area (Å²) in [5.74, 6) is 1.03. The normalized spacial score (nSPS) is 11.7. The van der Waals surface area contributed by atoms with Crippen LogP contribution in [0, 0.1) is 18.8 Å². The summed E-state index contributed by atoms with van der Waals surface area (Å²) >= 11 is 0. The number of fused-ring (bicyclic) bond motifs is 1. The summed E-state index contributed by atoms with van der Waals surface area (Å²) in [7, 11) is 0. The molecule has 31 heavy (non-hydrogen) atoms. The summed E-state index contributed by atoms with van der Waals surface area (Å²) in [4.78, 5) is 18.8. The van der Waals surface area contributed by atoms with Gasteiger partial charge in [0.25, 0.3) is 0 Å². The van der Waals surface area contributed by atoms with E-state index >= 15 is 0 Å². The van der Waals surface area contributed by atoms with E-state index in [1.165, 1.54) is 5.56 Å². The molecule has 0 amide bonds. The number of benzene rings is 2. The molecule has 2 aromatic carbocycles. The number of nitrogens with one attached hydrogen (secondary N) is 1. The number of carbonyl (C=O) groups is 1. The highest BCUT2D eigenvalue weighted by atomic mass is 16.5. The number of esters is 1. The largest absolute Gasteiger partial charge is 0.457 e. The fourth-order valence-corrected chi connectivity index (χ4v) is 4.16. The molecular weight excluding hydrogens is 384 g/mol. The summed E-state index contributed by atoms with van der Waals surface area (Å²) < 4.78 is 5.62. The lowest BCUT2D eigenvalue weighted by atomic mass is 10.0. The number of aromatic amines is 1. The fraction of sp³-hybridized carbons (Fsp3) is 0.444. The first-order chi connectivity index (χ1) is 14.8. The van der Waals surface area contributed by atoms with Gasteiger partial charge in [-0.25, -0.2) is 4.79 Å². The number of hydrogen-bond acceptors (Lipinski definition) is 3. The van der Waals surface area contributed by atoms with Gasteiger partial charge in [0.15, 0.2) is 0 Å². The average molecular weight is 421 g/mol. The molecule has 1 N–H and O–H groups in total. The van der Waals surface area contributed by atoms with Crippen LogP contribution in [0.4, 0.5) is 0 Å². The molecule has 0 aliphatic carbocycles. The third-order valence-electron chi connectivity index (χ3n) is 5.43. The quantitative estimate of drug-likeness (QED) is 0.410. The Bertz CT molecular complexity index is 979. The summed E-state index contributed by atoms with van der Waals surface area (Å²) in [6.07, 6.45) is 0.970. The van der Waals surface area contributed by atoms with Gasteiger partial charge in [0.05, 0.1) is 5.56 Å². The van der Waals surface area contributed by atoms with Gasteiger partial charge in [-0.3, -0.25) is 0 Å². The topological polar surface area (TPSA) is 45.3 Å². The van der Waals surface area contributed by atoms with Crippen molar-refractivity contribution >= 4 is 16.9 Å². The second-order valence-electron chi connectivity index (χ2n) is 9.36. The smallest absolute Gasteiger partial charge is 0.340 e. The van der Waals surface area contributed by atoms with Crippen LogP contribution in [0.3, 0.4) is 0 Å². The SMILES string of the molecule is Cc1[nH]c2ccc(CCN(CC(C)C)CC(C)C)cc2c1C(=O)OCc1ccccc1. The molecule has 4 nitrogen and oxygen atoms in total. The standard InChI is InChI=1S/C27H36N2O2/c1-19(2)16-29(17-20(3)4)14-13-22-11-12-25-24(15-22)26(21(5)28-25)27(30)31-18-23-9-7-6-8-10-23/h6-12,15,19-20,28H,13-14,16-18H2,1-5H3. The van der Waals surface area contributed by atoms with E-state index in [0.717, 1.165) is 48.2 Å². The van der Waals surface area contributed by atoms with Crippen LogP contribution in [0.15, 0.2) is 48.5 Å². The Hall–Kier alpha value is -2.59. The van der Waals surface area contributed by atoms with E-state index in [-0.39, 0.29) is 12.6 Å². The third-order valence-corrected chi connectivity index (χ3v) is 5.43. The van der Waals surface area contributed by atoms with Crippen LogP contribution in [0.5, 0.6) is 0 Å². The van der Waals surface area contributed by atoms with Crippen LogP contribution >= 0.6 is 0 Å². The van der Waals surface area contributed by atoms with Gasteiger partial charge >= 0.3 is 5.97 Å². The van der Waals surface area contributed by atoms with Gasteiger partial charge in [0.2, 0.25) is 0 Å². The Morgan fingerprint density at radius 2 is 1.65 bits per heavy atom. The summed E-state index contributed by atoms with van der Waals surface area (Å²) in [6, 6.07) is 16.2. The predicted octanol–water partition coefficient (Wildman–Crippen LogP) is 5.99. The zero-order valence-corrected chi connectivity index (χ0v) is 19.6. The highest BCUT2D eigenvalue weighted by Gasteiger charge is 2.18. The molecule has 0 spiro atoms. The highest BCUT2D eigenvalue weighted by Crippen LogP contribution is 2.25. The minimum Gasteiger partial charge on any atom is -0.457 e. The zero-order chi connectivity index (χ0) is 22.4. The second kappa shape index (κ2) is 10.6. The molecule has 4 heteroatoms. The molecule has 166 valence electrons. The third kappa shape index (κ3) is 6.44. The molecule has 0 radical (unpaired) electrons. The maximum absolute atomic E-state index is 12.9. The van der Waals surface area contributed by atoms with Crippen LogP contribution < -0.4 is 0 Å². The molecule has 0 saturated heterocycles. The van der Waals surface area contributed by atoms with E-state index in [1.54, 1.807) is 0 Å². The number of carbonyl (C=O) groups excluding carboxylic acids is 1. The van der Waals surface area contributed by atoms with Crippen molar-refractivity contribution in [1.29, 1.82) is 0 Å². The lowest BCUT2D eigenvalue weighted by molar-refractivity contribution is 0.0474. The number of H-pyrrole nitrogens is 1. The molecule has 3 aromatic rings. The molecule has 1 aromatic heterocycles. The molecule has 0 atom stereocenters. The summed E-state index contributed by atoms with van der Waals surface area (Å²) in [6.45, 7) is 14.6. The van der Waals surface area contributed by atoms with Crippen molar-refractivity contribution in [3.05, 3.63) is 70.9 Å². The van der Waals surface area contributed by atoms with Crippen molar-refractivity contribution in [2.75, 3.05) is 19.6 Å². The maximum atomic E-state index is 12.9. The zero-order valence-electron chi connectivity index (χ0n) is 19.6. The van der Waals surface area contributed by atoms with Gasteiger partial charge in [-0.05, 0) is 48.4 Å². The van der Waals surface area contributed by atoms with Crippen LogP contribution in [-0.2, 0) is 17.8 Å². The lowest BCUT2D eigenvalue weighted by Gasteiger charge is -2.26. The summed E-state index contributed by atoms with van der Waals surface area (Å²) in [5.41, 5.74) is 4.72. The van der Waals surface area contributed by atoms with Crippen molar-refractivity contribution in [2.24, 2.45) is 11.8 Å². The fourth-order valence-electron chi connectivity index (χ4n) is 4.16. The van der Waals surface area contributed by atoms with Gasteiger partial charge in [0, 0.05) is 36.2 Å². The Morgan fingerprint density at radius 1 is 0.968 bits per heavy atom. The van der Waals surface area contributed by atoms with Gasteiger partial charge < -0.3 is 14.6 Å². The Balaban J connectivity index is 1.74. The predicted molar refractivity (Wildman–Crippen MR) is 128 cm³/mol. The van der Waals surface area contributed by atoms with Crippen LogP contribution in [0.1, 0.15) is 54.9 Å². The van der Waals surface area contributed by atoms with Crippen molar-refractivity contribution in [3.63, 3.8) is 0 Å². The minimum absolute atomic E-state index is 0.272. The number of aryl methyl sites for hydroxylation is 1. The molecule has 0 aliphatic rings. The molecule has 1 heterocycles. The van der Waals surface area contributed by atoms with Crippen LogP contribution in [-0.4, -0.2) is 35.5 Å². The number of hydrogen-bond donors (Lipinski definition) is 1. The average Bonchev–Trinajstić information content (AvgIpc) is 3.05. The first-order valence-corrected chi connectivity index (χ1v) is 11.4. The monoisotopic (exact) mass is 420 g/mol. The second-order valence-corrected chi connectivity index (χ2v) is 9.36. The molecule has 3 rings (SSSR count). The Kier molecular flexibility index (Phi) is 7.91. The van der Waals surface area contributed by atoms with E-state index in [0.29, 0.717) is 17.4 Å². The van der Waals surface area contributed by atoms with E-state index in [1.807, 2.05) is 37.3 Å². The number of nitrogens with zero attached hydrogens (tertiary/aromatic N) is 1. The van der Waals surface area contributed by atoms with Gasteiger partial charge in [-0.15, -0.1) is 0 Å². The van der Waals surface area contributed by atoms with Crippen molar-refractivity contribution in [1.82, 2.24) is 9.88 Å². The molecule has 0 saturated carbocycles. The summed E-state index contributed by atoms with van der Waals surface area (Å²) in [5, 5.41) is 0.951. The van der Waals surface area contributed by atoms with Crippen molar-refractivity contribution in [2.45, 2.75) is 47.6 Å². The van der Waals surface area contributed by atoms with E-state index in [4.69, 9.17) is 4.74 Å². The van der Waals surface area contributed by atoms with Gasteiger partial charge in [-0.2, -0.15) is 0 Å². The van der Waals surface area contributed by atoms with Crippen molar-refractivity contribution in [3.8, 4) is 0 Å². The number of aromatic nitrogens is 1. The van der Waals surface area contributed by atoms with E-state index < -0.39 is 0 Å². The molecule has 0 bridgehead atoms. The van der Waals surface area contributed by atoms with Crippen LogP contribution in [0.2, 0.25) is 0 Å². The van der Waals surface area contributed by atoms with E-state index in [2.05, 4.69) is 55.8 Å². The lowest BCUT2D eigenvalue weighted by Crippen LogP contribution is -2.33. The molecule has 0 aliphatic heterocycles. The molecular formula is C27H36N2O2. The first-order valence-electron chi connectivity index (χ1n) is 11.4. The Labute approximate surface area is 186 Å². The molecule has 0 fully saturated rings. The number of ether oxygens (including phenoxy) is 1. The van der Waals surface area contributed by atoms with Gasteiger partial charge in [0.1, 0.15) is 6.61 Å². The molecule has 0 unspecified atom stereocenters. The van der Waals surface area contributed by atoms with E-state index in [9.17, 15) is 4.79 Å². The first kappa shape index (κ1) is 23.1. The minimum atomic E-state index is -0.272. The maximum Gasteiger partial charge on any atom is 0.340 e.